The number of aryl methyl sites for hydroxylation is 2. The molecular weight excluding hydrogens is 244 g/mol. The van der Waals surface area contributed by atoms with Crippen LogP contribution in [0.2, 0.25) is 0 Å². The number of rotatable bonds is 5. The number of hydrogen-bond acceptors (Lipinski definition) is 3. The van der Waals surface area contributed by atoms with Gasteiger partial charge in [0.05, 0.1) is 11.3 Å². The largest absolute Gasteiger partial charge is 0.389 e. The van der Waals surface area contributed by atoms with Crippen molar-refractivity contribution in [3.05, 3.63) is 11.3 Å². The van der Waals surface area contributed by atoms with Gasteiger partial charge < -0.3 is 10.6 Å². The SMILES string of the molecule is Cc1nn(C)c(N(CC(C)C)C2CC2)c1C(N)=S. The van der Waals surface area contributed by atoms with Crippen molar-refractivity contribution in [2.24, 2.45) is 18.7 Å². The van der Waals surface area contributed by atoms with E-state index < -0.39 is 0 Å². The van der Waals surface area contributed by atoms with Crippen molar-refractivity contribution in [3.8, 4) is 0 Å². The van der Waals surface area contributed by atoms with E-state index >= 15 is 0 Å². The molecule has 1 fully saturated rings. The Morgan fingerprint density at radius 3 is 2.61 bits per heavy atom. The second-order valence-electron chi connectivity index (χ2n) is 5.55. The Balaban J connectivity index is 2.43. The van der Waals surface area contributed by atoms with E-state index in [0.29, 0.717) is 16.9 Å². The zero-order valence-electron chi connectivity index (χ0n) is 11.6. The minimum absolute atomic E-state index is 0.449. The number of hydrogen-bond donors (Lipinski definition) is 1. The van der Waals surface area contributed by atoms with Crippen molar-refractivity contribution in [2.75, 3.05) is 11.4 Å². The van der Waals surface area contributed by atoms with Crippen LogP contribution in [0.25, 0.3) is 0 Å². The molecule has 1 aromatic rings. The van der Waals surface area contributed by atoms with Gasteiger partial charge in [0.1, 0.15) is 10.8 Å². The Hall–Kier alpha value is -1.10. The minimum atomic E-state index is 0.449. The average Bonchev–Trinajstić information content (AvgIpc) is 3.00. The number of anilines is 1. The van der Waals surface area contributed by atoms with Crippen LogP contribution in [0.4, 0.5) is 5.82 Å². The molecular formula is C13H22N4S. The maximum Gasteiger partial charge on any atom is 0.137 e. The van der Waals surface area contributed by atoms with Crippen LogP contribution >= 0.6 is 12.2 Å². The number of thiocarbonyl (C=S) groups is 1. The second kappa shape index (κ2) is 4.88. The summed E-state index contributed by atoms with van der Waals surface area (Å²) in [6.45, 7) is 7.47. The van der Waals surface area contributed by atoms with Crippen molar-refractivity contribution < 1.29 is 0 Å². The first kappa shape index (κ1) is 13.3. The van der Waals surface area contributed by atoms with Crippen LogP contribution < -0.4 is 10.6 Å². The summed E-state index contributed by atoms with van der Waals surface area (Å²) in [6.07, 6.45) is 2.52. The molecule has 0 radical (unpaired) electrons. The summed E-state index contributed by atoms with van der Waals surface area (Å²) in [4.78, 5) is 2.88. The summed E-state index contributed by atoms with van der Waals surface area (Å²) in [5.74, 6) is 1.70. The van der Waals surface area contributed by atoms with Crippen molar-refractivity contribution >= 4 is 23.0 Å². The molecule has 0 aromatic carbocycles. The Kier molecular flexibility index (Phi) is 3.61. The third kappa shape index (κ3) is 2.51. The first-order valence-electron chi connectivity index (χ1n) is 6.51. The fourth-order valence-electron chi connectivity index (χ4n) is 2.45. The molecule has 4 nitrogen and oxygen atoms in total. The molecule has 100 valence electrons. The normalized spacial score (nSPS) is 15.2. The molecule has 0 amide bonds. The van der Waals surface area contributed by atoms with Crippen LogP contribution in [-0.2, 0) is 7.05 Å². The lowest BCUT2D eigenvalue weighted by atomic mass is 10.1. The molecule has 2 rings (SSSR count). The highest BCUT2D eigenvalue weighted by Crippen LogP contribution is 2.35. The van der Waals surface area contributed by atoms with Gasteiger partial charge in [-0.2, -0.15) is 5.10 Å². The molecule has 1 aromatic heterocycles. The van der Waals surface area contributed by atoms with Gasteiger partial charge in [-0.05, 0) is 25.7 Å². The van der Waals surface area contributed by atoms with Crippen LogP contribution in [0.3, 0.4) is 0 Å². The Labute approximate surface area is 114 Å². The van der Waals surface area contributed by atoms with E-state index in [1.165, 1.54) is 12.8 Å². The predicted molar refractivity (Wildman–Crippen MR) is 79.0 cm³/mol. The second-order valence-corrected chi connectivity index (χ2v) is 5.99. The van der Waals surface area contributed by atoms with Gasteiger partial charge in [0, 0.05) is 19.6 Å². The summed E-state index contributed by atoms with van der Waals surface area (Å²) in [5.41, 5.74) is 7.74. The molecule has 0 saturated heterocycles. The topological polar surface area (TPSA) is 47.1 Å². The van der Waals surface area contributed by atoms with Gasteiger partial charge in [-0.15, -0.1) is 0 Å². The first-order chi connectivity index (χ1) is 8.41. The quantitative estimate of drug-likeness (QED) is 0.828. The van der Waals surface area contributed by atoms with E-state index in [4.69, 9.17) is 18.0 Å². The molecule has 5 heteroatoms. The van der Waals surface area contributed by atoms with Crippen molar-refractivity contribution in [1.82, 2.24) is 9.78 Å². The van der Waals surface area contributed by atoms with Gasteiger partial charge >= 0.3 is 0 Å². The summed E-state index contributed by atoms with van der Waals surface area (Å²) < 4.78 is 1.92. The monoisotopic (exact) mass is 266 g/mol. The maximum atomic E-state index is 5.87. The van der Waals surface area contributed by atoms with Crippen molar-refractivity contribution in [2.45, 2.75) is 39.7 Å². The zero-order valence-corrected chi connectivity index (χ0v) is 12.4. The lowest BCUT2D eigenvalue weighted by molar-refractivity contribution is 0.588. The lowest BCUT2D eigenvalue weighted by Gasteiger charge is -2.27. The molecule has 0 spiro atoms. The minimum Gasteiger partial charge on any atom is -0.389 e. The van der Waals surface area contributed by atoms with Crippen molar-refractivity contribution in [3.63, 3.8) is 0 Å². The molecule has 1 saturated carbocycles. The maximum absolute atomic E-state index is 5.87. The van der Waals surface area contributed by atoms with Gasteiger partial charge in [-0.25, -0.2) is 0 Å². The first-order valence-corrected chi connectivity index (χ1v) is 6.92. The third-order valence-electron chi connectivity index (χ3n) is 3.26. The third-order valence-corrected chi connectivity index (χ3v) is 3.46. The van der Waals surface area contributed by atoms with E-state index in [9.17, 15) is 0 Å². The van der Waals surface area contributed by atoms with Gasteiger partial charge in [0.15, 0.2) is 0 Å². The fourth-order valence-corrected chi connectivity index (χ4v) is 2.69. The standard InChI is InChI=1S/C13H22N4S/c1-8(2)7-17(10-5-6-10)13-11(12(14)18)9(3)15-16(13)4/h8,10H,5-7H2,1-4H3,(H2,14,18). The van der Waals surface area contributed by atoms with Crippen LogP contribution in [0.1, 0.15) is 37.9 Å². The molecule has 2 N–H and O–H groups in total. The summed E-state index contributed by atoms with van der Waals surface area (Å²) in [5, 5.41) is 4.48. The lowest BCUT2D eigenvalue weighted by Crippen LogP contribution is -2.33. The molecule has 1 aliphatic carbocycles. The number of nitrogens with two attached hydrogens (primary N) is 1. The van der Waals surface area contributed by atoms with Gasteiger partial charge in [-0.3, -0.25) is 4.68 Å². The van der Waals surface area contributed by atoms with E-state index in [2.05, 4.69) is 23.8 Å². The number of aromatic nitrogens is 2. The Bertz CT molecular complexity index is 460. The van der Waals surface area contributed by atoms with Gasteiger partial charge in [0.25, 0.3) is 0 Å². The highest BCUT2D eigenvalue weighted by atomic mass is 32.1. The highest BCUT2D eigenvalue weighted by Gasteiger charge is 2.33. The van der Waals surface area contributed by atoms with Crippen LogP contribution in [-0.4, -0.2) is 27.4 Å². The van der Waals surface area contributed by atoms with Gasteiger partial charge in [-0.1, -0.05) is 26.1 Å². The average molecular weight is 266 g/mol. The summed E-state index contributed by atoms with van der Waals surface area (Å²) >= 11 is 5.19. The summed E-state index contributed by atoms with van der Waals surface area (Å²) in [6, 6.07) is 0.635. The van der Waals surface area contributed by atoms with E-state index in [-0.39, 0.29) is 0 Å². The van der Waals surface area contributed by atoms with E-state index in [1.54, 1.807) is 0 Å². The Morgan fingerprint density at radius 2 is 2.17 bits per heavy atom. The van der Waals surface area contributed by atoms with Crippen LogP contribution in [0, 0.1) is 12.8 Å². The highest BCUT2D eigenvalue weighted by molar-refractivity contribution is 7.80. The Morgan fingerprint density at radius 1 is 1.56 bits per heavy atom. The molecule has 0 atom stereocenters. The molecule has 1 heterocycles. The molecule has 1 aliphatic rings. The van der Waals surface area contributed by atoms with Crippen LogP contribution in [0.15, 0.2) is 0 Å². The molecule has 18 heavy (non-hydrogen) atoms. The smallest absolute Gasteiger partial charge is 0.137 e. The van der Waals surface area contributed by atoms with E-state index in [0.717, 1.165) is 23.6 Å². The summed E-state index contributed by atoms with van der Waals surface area (Å²) in [7, 11) is 1.97. The molecule has 0 unspecified atom stereocenters. The zero-order chi connectivity index (χ0) is 13.4. The molecule has 0 bridgehead atoms. The van der Waals surface area contributed by atoms with E-state index in [1.807, 2.05) is 18.7 Å². The number of nitrogens with zero attached hydrogens (tertiary/aromatic N) is 3. The fraction of sp³-hybridized carbons (Fsp3) is 0.692. The van der Waals surface area contributed by atoms with Crippen LogP contribution in [0.5, 0.6) is 0 Å². The van der Waals surface area contributed by atoms with Crippen molar-refractivity contribution in [1.29, 1.82) is 0 Å². The van der Waals surface area contributed by atoms with Gasteiger partial charge in [0.2, 0.25) is 0 Å². The molecule has 0 aliphatic heterocycles. The predicted octanol–water partition coefficient (Wildman–Crippen LogP) is 1.99.